The molecule has 0 aliphatic carbocycles. The first-order valence-electron chi connectivity index (χ1n) is 3.42. The molecule has 15 heavy (non-hydrogen) atoms. The third-order valence-electron chi connectivity index (χ3n) is 1.33. The number of nitrogens with zero attached hydrogens (tertiary/aromatic N) is 1. The standard InChI is InChI=1S/C7H2BrF3N2O2/c8-6-5(15-7(9,10)11)4(14)3(1-12)2-13-6/h2H,(H,13,14). The second kappa shape index (κ2) is 3.94. The summed E-state index contributed by atoms with van der Waals surface area (Å²) in [6.45, 7) is 0. The molecule has 0 spiro atoms. The molecule has 0 amide bonds. The van der Waals surface area contributed by atoms with Gasteiger partial charge in [0.05, 0.1) is 0 Å². The van der Waals surface area contributed by atoms with Crippen LogP contribution in [0.3, 0.4) is 0 Å². The fourth-order valence-electron chi connectivity index (χ4n) is 0.779. The third-order valence-corrected chi connectivity index (χ3v) is 1.92. The number of halogens is 4. The molecule has 0 fully saturated rings. The Morgan fingerprint density at radius 2 is 2.13 bits per heavy atom. The average Bonchev–Trinajstić information content (AvgIpc) is 2.11. The first-order chi connectivity index (χ1) is 6.85. The lowest BCUT2D eigenvalue weighted by molar-refractivity contribution is -0.275. The molecule has 1 rings (SSSR count). The van der Waals surface area contributed by atoms with E-state index in [1.165, 1.54) is 6.07 Å². The molecule has 0 saturated carbocycles. The van der Waals surface area contributed by atoms with Crippen LogP contribution < -0.4 is 10.2 Å². The Hall–Kier alpha value is -1.49. The minimum atomic E-state index is -4.98. The number of hydrogen-bond acceptors (Lipinski definition) is 3. The number of H-pyrrole nitrogens is 1. The van der Waals surface area contributed by atoms with Gasteiger partial charge in [-0.1, -0.05) is 0 Å². The highest BCUT2D eigenvalue weighted by Gasteiger charge is 2.33. The van der Waals surface area contributed by atoms with Gasteiger partial charge in [-0.15, -0.1) is 13.2 Å². The number of alkyl halides is 3. The molecule has 0 aliphatic heterocycles. The molecule has 1 heterocycles. The van der Waals surface area contributed by atoms with Gasteiger partial charge in [0.25, 0.3) is 0 Å². The Labute approximate surface area is 89.4 Å². The summed E-state index contributed by atoms with van der Waals surface area (Å²) in [5, 5.41) is 8.41. The van der Waals surface area contributed by atoms with Crippen LogP contribution in [0, 0.1) is 11.3 Å². The largest absolute Gasteiger partial charge is 0.573 e. The van der Waals surface area contributed by atoms with Gasteiger partial charge in [0.1, 0.15) is 16.2 Å². The van der Waals surface area contributed by atoms with Crippen molar-refractivity contribution in [2.75, 3.05) is 0 Å². The zero-order valence-corrected chi connectivity index (χ0v) is 8.44. The van der Waals surface area contributed by atoms with Crippen LogP contribution in [-0.4, -0.2) is 11.3 Å². The summed E-state index contributed by atoms with van der Waals surface area (Å²) in [6.07, 6.45) is -4.00. The zero-order valence-electron chi connectivity index (χ0n) is 6.85. The molecule has 0 atom stereocenters. The van der Waals surface area contributed by atoms with E-state index in [1.54, 1.807) is 0 Å². The van der Waals surface area contributed by atoms with Crippen LogP contribution in [0.5, 0.6) is 5.75 Å². The fraction of sp³-hybridized carbons (Fsp3) is 0.143. The molecule has 1 aromatic rings. The number of rotatable bonds is 1. The number of hydrogen-bond donors (Lipinski definition) is 1. The van der Waals surface area contributed by atoms with Crippen LogP contribution in [0.2, 0.25) is 0 Å². The molecule has 0 unspecified atom stereocenters. The summed E-state index contributed by atoms with van der Waals surface area (Å²) < 4.78 is 38.8. The number of nitriles is 1. The summed E-state index contributed by atoms with van der Waals surface area (Å²) in [5.41, 5.74) is -1.59. The van der Waals surface area contributed by atoms with Crippen LogP contribution in [0.15, 0.2) is 15.6 Å². The second-order valence-electron chi connectivity index (χ2n) is 2.33. The Balaban J connectivity index is 3.30. The number of nitrogens with one attached hydrogen (secondary N) is 1. The van der Waals surface area contributed by atoms with Crippen molar-refractivity contribution < 1.29 is 17.9 Å². The summed E-state index contributed by atoms with van der Waals surface area (Å²) >= 11 is 2.67. The highest BCUT2D eigenvalue weighted by Crippen LogP contribution is 2.25. The van der Waals surface area contributed by atoms with Gasteiger partial charge in [-0.25, -0.2) is 0 Å². The van der Waals surface area contributed by atoms with Gasteiger partial charge >= 0.3 is 6.36 Å². The first kappa shape index (κ1) is 11.6. The molecule has 4 nitrogen and oxygen atoms in total. The monoisotopic (exact) mass is 282 g/mol. The van der Waals surface area contributed by atoms with Gasteiger partial charge in [-0.05, 0) is 15.9 Å². The molecule has 1 N–H and O–H groups in total. The van der Waals surface area contributed by atoms with Gasteiger partial charge in [0, 0.05) is 6.20 Å². The van der Waals surface area contributed by atoms with Crippen molar-refractivity contribution in [3.63, 3.8) is 0 Å². The van der Waals surface area contributed by atoms with E-state index in [4.69, 9.17) is 5.26 Å². The second-order valence-corrected chi connectivity index (χ2v) is 3.13. The Bertz CT molecular complexity index is 475. The third kappa shape index (κ3) is 2.73. The minimum absolute atomic E-state index is 0.274. The van der Waals surface area contributed by atoms with Crippen molar-refractivity contribution in [1.29, 1.82) is 5.26 Å². The van der Waals surface area contributed by atoms with Crippen molar-refractivity contribution in [3.05, 3.63) is 26.6 Å². The average molecular weight is 283 g/mol. The zero-order chi connectivity index (χ0) is 11.6. The molecule has 0 aliphatic rings. The molecule has 1 aromatic heterocycles. The predicted molar refractivity (Wildman–Crippen MR) is 46.2 cm³/mol. The Morgan fingerprint density at radius 1 is 1.53 bits per heavy atom. The van der Waals surface area contributed by atoms with Crippen LogP contribution in [-0.2, 0) is 0 Å². The summed E-state index contributed by atoms with van der Waals surface area (Å²) in [5.74, 6) is -0.985. The maximum atomic E-state index is 11.9. The Morgan fingerprint density at radius 3 is 2.60 bits per heavy atom. The first-order valence-corrected chi connectivity index (χ1v) is 4.21. The maximum absolute atomic E-state index is 11.9. The van der Waals surface area contributed by atoms with E-state index in [0.29, 0.717) is 0 Å². The summed E-state index contributed by atoms with van der Waals surface area (Å²) in [7, 11) is 0. The Kier molecular flexibility index (Phi) is 3.04. The van der Waals surface area contributed by atoms with E-state index < -0.39 is 23.1 Å². The van der Waals surface area contributed by atoms with Gasteiger partial charge in [0.15, 0.2) is 0 Å². The van der Waals surface area contributed by atoms with Gasteiger partial charge < -0.3 is 9.72 Å². The summed E-state index contributed by atoms with van der Waals surface area (Å²) in [6, 6.07) is 1.44. The van der Waals surface area contributed by atoms with E-state index in [9.17, 15) is 18.0 Å². The van der Waals surface area contributed by atoms with E-state index in [1.807, 2.05) is 0 Å². The molecular weight excluding hydrogens is 281 g/mol. The lowest BCUT2D eigenvalue weighted by Crippen LogP contribution is -2.23. The van der Waals surface area contributed by atoms with Crippen LogP contribution >= 0.6 is 15.9 Å². The van der Waals surface area contributed by atoms with E-state index >= 15 is 0 Å². The normalized spacial score (nSPS) is 10.9. The molecular formula is C7H2BrF3N2O2. The minimum Gasteiger partial charge on any atom is -0.399 e. The number of pyridine rings is 1. The fourth-order valence-corrected chi connectivity index (χ4v) is 1.15. The van der Waals surface area contributed by atoms with E-state index in [2.05, 4.69) is 25.7 Å². The highest BCUT2D eigenvalue weighted by atomic mass is 79.9. The lowest BCUT2D eigenvalue weighted by Gasteiger charge is -2.09. The quantitative estimate of drug-likeness (QED) is 0.800. The molecule has 0 radical (unpaired) electrons. The molecule has 8 heteroatoms. The van der Waals surface area contributed by atoms with Crippen molar-refractivity contribution in [1.82, 2.24) is 4.98 Å². The van der Waals surface area contributed by atoms with Crippen molar-refractivity contribution in [2.45, 2.75) is 6.36 Å². The summed E-state index contributed by atoms with van der Waals surface area (Å²) in [4.78, 5) is 13.5. The predicted octanol–water partition coefficient (Wildman–Crippen LogP) is 1.91. The van der Waals surface area contributed by atoms with E-state index in [0.717, 1.165) is 6.20 Å². The molecule has 0 saturated heterocycles. The smallest absolute Gasteiger partial charge is 0.399 e. The molecule has 80 valence electrons. The number of aromatic amines is 1. The highest BCUT2D eigenvalue weighted by molar-refractivity contribution is 9.10. The van der Waals surface area contributed by atoms with Crippen molar-refractivity contribution in [3.8, 4) is 11.8 Å². The molecule has 0 aromatic carbocycles. The van der Waals surface area contributed by atoms with Crippen LogP contribution in [0.1, 0.15) is 5.56 Å². The van der Waals surface area contributed by atoms with Crippen LogP contribution in [0.4, 0.5) is 13.2 Å². The van der Waals surface area contributed by atoms with Gasteiger partial charge in [0.2, 0.25) is 11.2 Å². The number of aromatic nitrogens is 1. The number of ether oxygens (including phenoxy) is 1. The van der Waals surface area contributed by atoms with Crippen LogP contribution in [0.25, 0.3) is 0 Å². The van der Waals surface area contributed by atoms with Gasteiger partial charge in [-0.3, -0.25) is 4.79 Å². The lowest BCUT2D eigenvalue weighted by atomic mass is 10.3. The SMILES string of the molecule is N#Cc1c[nH]c(Br)c(OC(F)(F)F)c1=O. The molecule has 0 bridgehead atoms. The van der Waals surface area contributed by atoms with E-state index in [-0.39, 0.29) is 4.60 Å². The van der Waals surface area contributed by atoms with Crippen molar-refractivity contribution >= 4 is 15.9 Å². The van der Waals surface area contributed by atoms with Crippen molar-refractivity contribution in [2.24, 2.45) is 0 Å². The van der Waals surface area contributed by atoms with Gasteiger partial charge in [-0.2, -0.15) is 5.26 Å². The topological polar surface area (TPSA) is 65.9 Å². The maximum Gasteiger partial charge on any atom is 0.573 e.